The molecule has 0 saturated carbocycles. The number of hydrogen-bond acceptors (Lipinski definition) is 1. The Morgan fingerprint density at radius 2 is 2.00 bits per heavy atom. The van der Waals surface area contributed by atoms with Crippen LogP contribution in [0.3, 0.4) is 0 Å². The molecule has 0 aromatic rings. The van der Waals surface area contributed by atoms with E-state index in [0.29, 0.717) is 0 Å². The molecule has 0 radical (unpaired) electrons. The molecule has 0 unspecified atom stereocenters. The molecule has 0 aliphatic heterocycles. The van der Waals surface area contributed by atoms with Crippen LogP contribution in [-0.2, 0) is 4.74 Å². The molecule has 0 aliphatic carbocycles. The molecule has 60 valence electrons. The quantitative estimate of drug-likeness (QED) is 0.464. The molecule has 0 N–H and O–H groups in total. The van der Waals surface area contributed by atoms with Crippen molar-refractivity contribution in [1.82, 2.24) is 0 Å². The highest BCUT2D eigenvalue weighted by Gasteiger charge is 2.26. The third-order valence-corrected chi connectivity index (χ3v) is 1.04. The van der Waals surface area contributed by atoms with Crippen molar-refractivity contribution >= 4 is 13.9 Å². The molecule has 0 bridgehead atoms. The van der Waals surface area contributed by atoms with Crippen molar-refractivity contribution < 1.29 is 22.3 Å². The number of hydrogen-bond donors (Lipinski definition) is 0. The Morgan fingerprint density at radius 1 is 1.50 bits per heavy atom. The van der Waals surface area contributed by atoms with Gasteiger partial charge in [0.2, 0.25) is 0 Å². The van der Waals surface area contributed by atoms with E-state index in [1.165, 1.54) is 6.92 Å². The van der Waals surface area contributed by atoms with Gasteiger partial charge in [0.25, 0.3) is 5.73 Å². The lowest BCUT2D eigenvalue weighted by atomic mass is 10.9. The van der Waals surface area contributed by atoms with Crippen molar-refractivity contribution in [3.05, 3.63) is 0 Å². The maximum absolute atomic E-state index is 11.9. The highest BCUT2D eigenvalue weighted by Crippen LogP contribution is 2.30. The average molecular weight is 176 g/mol. The lowest BCUT2D eigenvalue weighted by Gasteiger charge is -1.97. The summed E-state index contributed by atoms with van der Waals surface area (Å²) in [5.41, 5.74) is -1.50. The van der Waals surface area contributed by atoms with E-state index in [-0.39, 0.29) is 6.61 Å². The van der Waals surface area contributed by atoms with Gasteiger partial charge in [0.1, 0.15) is 0 Å². The second kappa shape index (κ2) is 3.88. The summed E-state index contributed by atoms with van der Waals surface area (Å²) in [6.07, 6.45) is 0. The van der Waals surface area contributed by atoms with Crippen LogP contribution in [0.2, 0.25) is 0 Å². The minimum absolute atomic E-state index is 0.0884. The molecule has 6 heteroatoms. The van der Waals surface area contributed by atoms with Gasteiger partial charge in [0.15, 0.2) is 0 Å². The van der Waals surface area contributed by atoms with Crippen LogP contribution in [0.4, 0.5) is 17.6 Å². The first kappa shape index (κ1) is 9.85. The first-order chi connectivity index (χ1) is 4.45. The number of halogens is 4. The van der Waals surface area contributed by atoms with Gasteiger partial charge in [-0.05, 0) is 6.92 Å². The number of rotatable bonds is 2. The molecule has 0 rings (SSSR count). The van der Waals surface area contributed by atoms with Crippen LogP contribution in [0, 0.1) is 0 Å². The van der Waals surface area contributed by atoms with E-state index in [1.807, 2.05) is 0 Å². The Labute approximate surface area is 56.8 Å². The highest BCUT2D eigenvalue weighted by atomic mass is 31.1. The summed E-state index contributed by atoms with van der Waals surface area (Å²) in [5, 5.41) is 0. The van der Waals surface area contributed by atoms with Gasteiger partial charge in [-0.25, -0.2) is 0 Å². The van der Waals surface area contributed by atoms with Crippen LogP contribution in [-0.4, -0.2) is 18.3 Å². The smallest absolute Gasteiger partial charge is 0.318 e. The normalized spacial score (nSPS) is 13.9. The Hall–Kier alpha value is -0.150. The zero-order valence-corrected chi connectivity index (χ0v) is 5.97. The molecule has 0 saturated heterocycles. The fourth-order valence-corrected chi connectivity index (χ4v) is 0.644. The van der Waals surface area contributed by atoms with Gasteiger partial charge < -0.3 is 4.74 Å². The van der Waals surface area contributed by atoms with Gasteiger partial charge in [-0.15, -0.1) is 0 Å². The molecule has 0 atom stereocenters. The van der Waals surface area contributed by atoms with Gasteiger partial charge >= 0.3 is 5.92 Å². The van der Waals surface area contributed by atoms with Crippen LogP contribution < -0.4 is 0 Å². The molecular weight excluding hydrogens is 171 g/mol. The molecule has 0 amide bonds. The van der Waals surface area contributed by atoms with Gasteiger partial charge in [-0.1, -0.05) is 0 Å². The maximum Gasteiger partial charge on any atom is 0.436 e. The summed E-state index contributed by atoms with van der Waals surface area (Å²) < 4.78 is 49.6. The number of alkyl halides is 3. The van der Waals surface area contributed by atoms with Crippen molar-refractivity contribution in [3.63, 3.8) is 0 Å². The third kappa shape index (κ3) is 5.98. The van der Waals surface area contributed by atoms with Crippen LogP contribution in [0.5, 0.6) is 0 Å². The molecule has 0 aromatic carbocycles. The number of ether oxygens (including phenoxy) is 1. The Bertz CT molecular complexity index is 130. The monoisotopic (exact) mass is 176 g/mol. The summed E-state index contributed by atoms with van der Waals surface area (Å²) in [7, 11) is -1.37. The summed E-state index contributed by atoms with van der Waals surface area (Å²) in [4.78, 5) is 0. The second-order valence-electron chi connectivity index (χ2n) is 1.27. The van der Waals surface area contributed by atoms with E-state index in [2.05, 4.69) is 4.74 Å². The Balaban J connectivity index is 3.90. The molecule has 0 aliphatic rings. The zero-order chi connectivity index (χ0) is 8.20. The van der Waals surface area contributed by atoms with Crippen LogP contribution >= 0.6 is 8.20 Å². The second-order valence-corrected chi connectivity index (χ2v) is 2.35. The van der Waals surface area contributed by atoms with Crippen molar-refractivity contribution in [1.29, 1.82) is 0 Å². The Morgan fingerprint density at radius 3 is 2.30 bits per heavy atom. The van der Waals surface area contributed by atoms with Crippen LogP contribution in [0.1, 0.15) is 6.92 Å². The van der Waals surface area contributed by atoms with Gasteiger partial charge in [0, 0.05) is 0 Å². The molecule has 10 heavy (non-hydrogen) atoms. The zero-order valence-electron chi connectivity index (χ0n) is 5.07. The lowest BCUT2D eigenvalue weighted by Crippen LogP contribution is -2.00. The molecule has 0 fully saturated rings. The Kier molecular flexibility index (Phi) is 3.83. The van der Waals surface area contributed by atoms with E-state index < -0.39 is 19.9 Å². The summed E-state index contributed by atoms with van der Waals surface area (Å²) in [6.45, 7) is 1.32. The first-order valence-electron chi connectivity index (χ1n) is 2.40. The van der Waals surface area contributed by atoms with Crippen molar-refractivity contribution in [2.45, 2.75) is 12.8 Å². The first-order valence-corrected chi connectivity index (χ1v) is 3.30. The minimum Gasteiger partial charge on any atom is -0.318 e. The van der Waals surface area contributed by atoms with Crippen molar-refractivity contribution in [2.75, 3.05) is 6.61 Å². The molecule has 0 aromatic heterocycles. The standard InChI is InChI=1S/C4H5F4OP/c1-2-9-3(5)10-4(6,7)8/h2H2,1H3. The fourth-order valence-electron chi connectivity index (χ4n) is 0.251. The summed E-state index contributed by atoms with van der Waals surface area (Å²) in [6, 6.07) is 0. The minimum atomic E-state index is -4.54. The molecule has 0 heterocycles. The third-order valence-electron chi connectivity index (χ3n) is 0.478. The topological polar surface area (TPSA) is 9.23 Å². The predicted molar refractivity (Wildman–Crippen MR) is 30.7 cm³/mol. The largest absolute Gasteiger partial charge is 0.436 e. The summed E-state index contributed by atoms with van der Waals surface area (Å²) >= 11 is 0. The fraction of sp³-hybridized carbons (Fsp3) is 0.750. The van der Waals surface area contributed by atoms with E-state index >= 15 is 0 Å². The molecular formula is C4H5F4OP. The predicted octanol–water partition coefficient (Wildman–Crippen LogP) is 2.55. The van der Waals surface area contributed by atoms with Crippen molar-refractivity contribution in [3.8, 4) is 0 Å². The van der Waals surface area contributed by atoms with E-state index in [1.54, 1.807) is 0 Å². The van der Waals surface area contributed by atoms with Crippen molar-refractivity contribution in [2.24, 2.45) is 0 Å². The van der Waals surface area contributed by atoms with E-state index in [9.17, 15) is 17.6 Å². The summed E-state index contributed by atoms with van der Waals surface area (Å²) in [5.74, 6) is -4.54. The SMILES string of the molecule is CCOC(F)=PC(F)(F)F. The highest BCUT2D eigenvalue weighted by molar-refractivity contribution is 7.40. The van der Waals surface area contributed by atoms with Gasteiger partial charge in [0.05, 0.1) is 14.8 Å². The molecule has 0 spiro atoms. The maximum atomic E-state index is 11.9. The van der Waals surface area contributed by atoms with E-state index in [4.69, 9.17) is 0 Å². The van der Waals surface area contributed by atoms with E-state index in [0.717, 1.165) is 0 Å². The van der Waals surface area contributed by atoms with Gasteiger partial charge in [-0.2, -0.15) is 17.6 Å². The van der Waals surface area contributed by atoms with Crippen LogP contribution in [0.25, 0.3) is 0 Å². The average Bonchev–Trinajstić information content (AvgIpc) is 1.59. The molecule has 1 nitrogen and oxygen atoms in total. The lowest BCUT2D eigenvalue weighted by molar-refractivity contribution is -0.0353. The van der Waals surface area contributed by atoms with Crippen LogP contribution in [0.15, 0.2) is 0 Å². The van der Waals surface area contributed by atoms with Gasteiger partial charge in [-0.3, -0.25) is 0 Å².